The van der Waals surface area contributed by atoms with Crippen molar-refractivity contribution in [2.24, 2.45) is 0 Å². The molecular formula is C21H18ClNO5. The van der Waals surface area contributed by atoms with Crippen molar-refractivity contribution in [2.45, 2.75) is 12.8 Å². The van der Waals surface area contributed by atoms with Crippen LogP contribution in [-0.4, -0.2) is 30.8 Å². The minimum atomic E-state index is -0.698. The van der Waals surface area contributed by atoms with E-state index in [1.54, 1.807) is 18.2 Å². The van der Waals surface area contributed by atoms with Crippen molar-refractivity contribution >= 4 is 35.3 Å². The highest BCUT2D eigenvalue weighted by molar-refractivity contribution is 6.33. The number of para-hydroxylation sites is 1. The molecule has 1 aliphatic rings. The van der Waals surface area contributed by atoms with Crippen molar-refractivity contribution in [3.63, 3.8) is 0 Å². The summed E-state index contributed by atoms with van der Waals surface area (Å²) in [6.45, 7) is 0.942. The molecule has 1 saturated heterocycles. The van der Waals surface area contributed by atoms with Gasteiger partial charge in [0.05, 0.1) is 30.2 Å². The quantitative estimate of drug-likeness (QED) is 0.254. The van der Waals surface area contributed by atoms with Crippen LogP contribution in [0.4, 0.5) is 0 Å². The molecular weight excluding hydrogens is 382 g/mol. The van der Waals surface area contributed by atoms with Crippen molar-refractivity contribution in [3.8, 4) is 11.5 Å². The largest absolute Gasteiger partial charge is 0.493 e. The number of nitrogens with one attached hydrogen (secondary N) is 1. The van der Waals surface area contributed by atoms with Gasteiger partial charge in [-0.15, -0.1) is 0 Å². The number of rotatable bonds is 7. The number of carbonyl (C=O) groups excluding carboxylic acids is 3. The molecule has 0 aliphatic carbocycles. The van der Waals surface area contributed by atoms with Gasteiger partial charge in [0.1, 0.15) is 11.5 Å². The molecule has 0 bridgehead atoms. The summed E-state index contributed by atoms with van der Waals surface area (Å²) < 4.78 is 11.2. The van der Waals surface area contributed by atoms with Crippen LogP contribution >= 0.6 is 11.6 Å². The Morgan fingerprint density at radius 3 is 2.46 bits per heavy atom. The maximum Gasteiger partial charge on any atom is 0.261 e. The number of benzene rings is 2. The SMILES string of the molecule is O=C1CC(=O)/C(=C\c2ccc(OCCCOc3ccccc3)c(Cl)c2)C(=O)N1. The Morgan fingerprint density at radius 1 is 1.00 bits per heavy atom. The zero-order chi connectivity index (χ0) is 19.9. The second-order valence-corrected chi connectivity index (χ2v) is 6.50. The number of carbonyl (C=O) groups is 3. The smallest absolute Gasteiger partial charge is 0.261 e. The van der Waals surface area contributed by atoms with E-state index in [0.717, 1.165) is 5.75 Å². The van der Waals surface area contributed by atoms with Crippen LogP contribution in [0.15, 0.2) is 54.1 Å². The van der Waals surface area contributed by atoms with Crippen LogP contribution in [0.25, 0.3) is 6.08 Å². The molecule has 7 heteroatoms. The van der Waals surface area contributed by atoms with Crippen LogP contribution in [0.3, 0.4) is 0 Å². The van der Waals surface area contributed by atoms with Crippen molar-refractivity contribution in [1.82, 2.24) is 5.32 Å². The third-order valence-electron chi connectivity index (χ3n) is 3.94. The summed E-state index contributed by atoms with van der Waals surface area (Å²) in [5.41, 5.74) is 0.500. The number of piperidine rings is 1. The fraction of sp³-hybridized carbons (Fsp3) is 0.190. The first-order valence-electron chi connectivity index (χ1n) is 8.72. The van der Waals surface area contributed by atoms with Crippen molar-refractivity contribution < 1.29 is 23.9 Å². The lowest BCUT2D eigenvalue weighted by molar-refractivity contribution is -0.134. The molecule has 0 unspecified atom stereocenters. The van der Waals surface area contributed by atoms with E-state index in [-0.39, 0.29) is 12.0 Å². The number of amides is 2. The predicted octanol–water partition coefficient (Wildman–Crippen LogP) is 3.19. The van der Waals surface area contributed by atoms with Gasteiger partial charge in [-0.1, -0.05) is 35.9 Å². The average molecular weight is 400 g/mol. The van der Waals surface area contributed by atoms with Gasteiger partial charge in [-0.2, -0.15) is 0 Å². The molecule has 0 atom stereocenters. The standard InChI is InChI=1S/C21H18ClNO5/c22-17-12-14(11-16-18(24)13-20(25)23-21(16)26)7-8-19(17)28-10-4-9-27-15-5-2-1-3-6-15/h1-3,5-8,11-12H,4,9-10,13H2,(H,23,25,26)/b16-11+. The monoisotopic (exact) mass is 399 g/mol. The van der Waals surface area contributed by atoms with Crippen LogP contribution in [0.2, 0.25) is 5.02 Å². The third-order valence-corrected chi connectivity index (χ3v) is 4.24. The summed E-state index contributed by atoms with van der Waals surface area (Å²) >= 11 is 6.23. The first-order chi connectivity index (χ1) is 13.5. The normalized spacial score (nSPS) is 15.5. The third kappa shape index (κ3) is 5.20. The molecule has 0 saturated carbocycles. The average Bonchev–Trinajstić information content (AvgIpc) is 2.66. The van der Waals surface area contributed by atoms with Gasteiger partial charge in [0.2, 0.25) is 5.91 Å². The second kappa shape index (κ2) is 9.19. The fourth-order valence-electron chi connectivity index (χ4n) is 2.59. The number of hydrogen-bond donors (Lipinski definition) is 1. The van der Waals surface area contributed by atoms with Gasteiger partial charge in [-0.05, 0) is 35.9 Å². The lowest BCUT2D eigenvalue weighted by Crippen LogP contribution is -2.40. The van der Waals surface area contributed by atoms with Crippen LogP contribution in [0.1, 0.15) is 18.4 Å². The van der Waals surface area contributed by atoms with Crippen molar-refractivity contribution in [3.05, 3.63) is 64.7 Å². The summed E-state index contributed by atoms with van der Waals surface area (Å²) in [5, 5.41) is 2.48. The first-order valence-corrected chi connectivity index (χ1v) is 9.10. The van der Waals surface area contributed by atoms with Crippen LogP contribution in [0.5, 0.6) is 11.5 Å². The topological polar surface area (TPSA) is 81.7 Å². The minimum absolute atomic E-state index is 0.0672. The molecule has 6 nitrogen and oxygen atoms in total. The van der Waals surface area contributed by atoms with E-state index in [2.05, 4.69) is 5.32 Å². The van der Waals surface area contributed by atoms with Gasteiger partial charge in [-0.25, -0.2) is 0 Å². The molecule has 1 aliphatic heterocycles. The molecule has 0 radical (unpaired) electrons. The summed E-state index contributed by atoms with van der Waals surface area (Å²) in [4.78, 5) is 34.8. The summed E-state index contributed by atoms with van der Waals surface area (Å²) in [5.74, 6) is -0.496. The molecule has 1 fully saturated rings. The van der Waals surface area contributed by atoms with E-state index < -0.39 is 17.6 Å². The molecule has 1 N–H and O–H groups in total. The molecule has 1 heterocycles. The van der Waals surface area contributed by atoms with Crippen LogP contribution in [-0.2, 0) is 14.4 Å². The van der Waals surface area contributed by atoms with Gasteiger partial charge in [0.25, 0.3) is 5.91 Å². The number of ketones is 1. The molecule has 2 aromatic rings. The number of Topliss-reactive ketones (excluding diaryl/α,β-unsaturated/α-hetero) is 1. The maximum absolute atomic E-state index is 11.9. The molecule has 2 amide bonds. The number of hydrogen-bond acceptors (Lipinski definition) is 5. The Bertz CT molecular complexity index is 902. The lowest BCUT2D eigenvalue weighted by atomic mass is 10.0. The van der Waals surface area contributed by atoms with E-state index in [9.17, 15) is 14.4 Å². The second-order valence-electron chi connectivity index (χ2n) is 6.09. The zero-order valence-corrected chi connectivity index (χ0v) is 15.7. The van der Waals surface area contributed by atoms with Gasteiger partial charge >= 0.3 is 0 Å². The maximum atomic E-state index is 11.9. The van der Waals surface area contributed by atoms with Crippen LogP contribution < -0.4 is 14.8 Å². The molecule has 28 heavy (non-hydrogen) atoms. The number of ether oxygens (including phenoxy) is 2. The zero-order valence-electron chi connectivity index (χ0n) is 14.9. The lowest BCUT2D eigenvalue weighted by Gasteiger charge is -2.13. The summed E-state index contributed by atoms with van der Waals surface area (Å²) in [6, 6.07) is 14.5. The molecule has 0 aromatic heterocycles. The van der Waals surface area contributed by atoms with Crippen molar-refractivity contribution in [1.29, 1.82) is 0 Å². The predicted molar refractivity (Wildman–Crippen MR) is 104 cm³/mol. The minimum Gasteiger partial charge on any atom is -0.493 e. The van der Waals surface area contributed by atoms with E-state index in [1.165, 1.54) is 6.08 Å². The Hall–Kier alpha value is -3.12. The molecule has 0 spiro atoms. The molecule has 144 valence electrons. The molecule has 2 aromatic carbocycles. The van der Waals surface area contributed by atoms with E-state index in [0.29, 0.717) is 36.0 Å². The highest BCUT2D eigenvalue weighted by Gasteiger charge is 2.28. The van der Waals surface area contributed by atoms with Crippen molar-refractivity contribution in [2.75, 3.05) is 13.2 Å². The van der Waals surface area contributed by atoms with E-state index >= 15 is 0 Å². The summed E-state index contributed by atoms with van der Waals surface area (Å²) in [7, 11) is 0. The van der Waals surface area contributed by atoms with E-state index in [1.807, 2.05) is 30.3 Å². The Kier molecular flexibility index (Phi) is 6.45. The van der Waals surface area contributed by atoms with Gasteiger partial charge < -0.3 is 9.47 Å². The number of imide groups is 1. The highest BCUT2D eigenvalue weighted by atomic mass is 35.5. The first kappa shape index (κ1) is 19.6. The molecule has 3 rings (SSSR count). The van der Waals surface area contributed by atoms with Gasteiger partial charge in [-0.3, -0.25) is 19.7 Å². The Morgan fingerprint density at radius 2 is 1.75 bits per heavy atom. The Balaban J connectivity index is 1.54. The number of halogens is 1. The van der Waals surface area contributed by atoms with Gasteiger partial charge in [0, 0.05) is 6.42 Å². The van der Waals surface area contributed by atoms with Gasteiger partial charge in [0.15, 0.2) is 5.78 Å². The van der Waals surface area contributed by atoms with Crippen LogP contribution in [0, 0.1) is 0 Å². The Labute approximate surface area is 167 Å². The highest BCUT2D eigenvalue weighted by Crippen LogP contribution is 2.27. The fourth-order valence-corrected chi connectivity index (χ4v) is 2.83. The summed E-state index contributed by atoms with van der Waals surface area (Å²) in [6.07, 6.45) is 1.75. The van der Waals surface area contributed by atoms with E-state index in [4.69, 9.17) is 21.1 Å².